The largest absolute Gasteiger partial charge is 0.508 e. The maximum Gasteiger partial charge on any atom is 0.226 e. The molecule has 1 aromatic rings. The van der Waals surface area contributed by atoms with Gasteiger partial charge in [-0.1, -0.05) is 35.3 Å². The molecule has 2 nitrogen and oxygen atoms in total. The highest BCUT2D eigenvalue weighted by Crippen LogP contribution is 2.36. The van der Waals surface area contributed by atoms with Gasteiger partial charge in [-0.2, -0.15) is 0 Å². The van der Waals surface area contributed by atoms with E-state index in [1.165, 1.54) is 24.3 Å². The molecule has 0 unspecified atom stereocenters. The number of carbonyl (C=O) groups is 1. The molecule has 0 atom stereocenters. The first-order valence-electron chi connectivity index (χ1n) is 3.35. The van der Waals surface area contributed by atoms with Gasteiger partial charge >= 0.3 is 0 Å². The van der Waals surface area contributed by atoms with Gasteiger partial charge in [-0.3, -0.25) is 4.79 Å². The Morgan fingerprint density at radius 2 is 1.77 bits per heavy atom. The van der Waals surface area contributed by atoms with Crippen LogP contribution in [0.2, 0.25) is 0 Å². The molecule has 0 fully saturated rings. The molecule has 0 aromatic heterocycles. The van der Waals surface area contributed by atoms with E-state index < -0.39 is 9.45 Å². The molecule has 0 heterocycles. The van der Waals surface area contributed by atoms with Gasteiger partial charge in [0, 0.05) is 0 Å². The van der Waals surface area contributed by atoms with Crippen molar-refractivity contribution in [2.45, 2.75) is 4.33 Å². The van der Waals surface area contributed by atoms with Crippen molar-refractivity contribution < 1.29 is 9.90 Å². The number of benzene rings is 1. The van der Waals surface area contributed by atoms with E-state index in [4.69, 9.17) is 28.3 Å². The molecule has 0 amide bonds. The maximum atomic E-state index is 10.9. The van der Waals surface area contributed by atoms with Crippen molar-refractivity contribution in [1.29, 1.82) is 0 Å². The summed E-state index contributed by atoms with van der Waals surface area (Å²) in [6.07, 6.45) is 0. The lowest BCUT2D eigenvalue weighted by Crippen LogP contribution is -2.18. The lowest BCUT2D eigenvalue weighted by atomic mass is 10.1. The Bertz CT molecular complexity index is 321. The predicted octanol–water partition coefficient (Wildman–Crippen LogP) is 2.48. The minimum Gasteiger partial charge on any atom is -0.508 e. The summed E-state index contributed by atoms with van der Waals surface area (Å²) in [4.78, 5) is 10.9. The Balaban J connectivity index is 3.08. The van der Waals surface area contributed by atoms with E-state index in [9.17, 15) is 4.79 Å². The van der Waals surface area contributed by atoms with E-state index in [0.29, 0.717) is 5.56 Å². The molecule has 0 radical (unpaired) electrons. The zero-order valence-corrected chi connectivity index (χ0v) is 8.77. The van der Waals surface area contributed by atoms with Crippen LogP contribution in [-0.2, 0) is 9.13 Å². The summed E-state index contributed by atoms with van der Waals surface area (Å²) < 4.78 is -1.66. The second-order valence-electron chi connectivity index (χ2n) is 2.43. The van der Waals surface area contributed by atoms with Crippen LogP contribution in [0.3, 0.4) is 0 Å². The number of halogens is 2. The number of phenols is 1. The summed E-state index contributed by atoms with van der Waals surface area (Å²) in [5.74, 6) is 0.0829. The normalized spacial score (nSPS) is 11.3. The second kappa shape index (κ2) is 3.78. The molecule has 1 aromatic carbocycles. The Morgan fingerprint density at radius 3 is 2.15 bits per heavy atom. The highest BCUT2D eigenvalue weighted by atomic mass is 35.5. The second-order valence-corrected chi connectivity index (χ2v) is 4.16. The number of hydrogen-bond donors (Lipinski definition) is 2. The smallest absolute Gasteiger partial charge is 0.226 e. The predicted molar refractivity (Wildman–Crippen MR) is 55.5 cm³/mol. The van der Waals surface area contributed by atoms with Crippen LogP contribution in [0, 0.1) is 0 Å². The SMILES string of the molecule is O=C(S)C(Cl)(Cl)c1ccc(O)cc1. The highest BCUT2D eigenvalue weighted by molar-refractivity contribution is 7.97. The summed E-state index contributed by atoms with van der Waals surface area (Å²) in [6.45, 7) is 0. The van der Waals surface area contributed by atoms with Gasteiger partial charge in [-0.25, -0.2) is 0 Å². The van der Waals surface area contributed by atoms with Crippen molar-refractivity contribution >= 4 is 40.9 Å². The zero-order chi connectivity index (χ0) is 10.1. The van der Waals surface area contributed by atoms with Crippen LogP contribution >= 0.6 is 35.8 Å². The van der Waals surface area contributed by atoms with E-state index in [-0.39, 0.29) is 5.75 Å². The number of aromatic hydroxyl groups is 1. The quantitative estimate of drug-likeness (QED) is 0.612. The van der Waals surface area contributed by atoms with Crippen LogP contribution in [0.15, 0.2) is 24.3 Å². The molecule has 1 rings (SSSR count). The molecule has 0 aliphatic rings. The molecule has 0 spiro atoms. The van der Waals surface area contributed by atoms with Crippen LogP contribution in [-0.4, -0.2) is 10.2 Å². The van der Waals surface area contributed by atoms with E-state index in [1.807, 2.05) is 0 Å². The van der Waals surface area contributed by atoms with Gasteiger partial charge in [0.15, 0.2) is 0 Å². The molecule has 70 valence electrons. The molecule has 0 aliphatic heterocycles. The third kappa shape index (κ3) is 2.30. The van der Waals surface area contributed by atoms with Crippen molar-refractivity contribution in [3.8, 4) is 5.75 Å². The molecule has 5 heteroatoms. The molecule has 0 bridgehead atoms. The summed E-state index contributed by atoms with van der Waals surface area (Å²) >= 11 is 15.0. The van der Waals surface area contributed by atoms with Gasteiger partial charge in [0.1, 0.15) is 5.75 Å². The van der Waals surface area contributed by atoms with Crippen LogP contribution in [0.25, 0.3) is 0 Å². The van der Waals surface area contributed by atoms with Crippen molar-refractivity contribution in [1.82, 2.24) is 0 Å². The van der Waals surface area contributed by atoms with Crippen molar-refractivity contribution in [3.63, 3.8) is 0 Å². The van der Waals surface area contributed by atoms with Crippen molar-refractivity contribution in [2.75, 3.05) is 0 Å². The lowest BCUT2D eigenvalue weighted by Gasteiger charge is -2.15. The minimum atomic E-state index is -1.66. The van der Waals surface area contributed by atoms with Gasteiger partial charge in [0.2, 0.25) is 9.45 Å². The van der Waals surface area contributed by atoms with E-state index in [2.05, 4.69) is 12.6 Å². The molecular weight excluding hydrogens is 231 g/mol. The molecular formula is C8H6Cl2O2S. The summed E-state index contributed by atoms with van der Waals surface area (Å²) in [7, 11) is 0. The van der Waals surface area contributed by atoms with E-state index in [1.54, 1.807) is 0 Å². The Kier molecular flexibility index (Phi) is 3.11. The van der Waals surface area contributed by atoms with Gasteiger partial charge in [0.05, 0.1) is 0 Å². The fourth-order valence-electron chi connectivity index (χ4n) is 0.794. The van der Waals surface area contributed by atoms with E-state index >= 15 is 0 Å². The van der Waals surface area contributed by atoms with Crippen LogP contribution in [0.1, 0.15) is 5.56 Å². The molecule has 1 N–H and O–H groups in total. The standard InChI is InChI=1S/C8H6Cl2O2S/c9-8(10,7(12)13)5-1-3-6(11)4-2-5/h1-4,11H,(H,12,13). The first-order valence-corrected chi connectivity index (χ1v) is 4.55. The fourth-order valence-corrected chi connectivity index (χ4v) is 1.18. The number of rotatable bonds is 2. The monoisotopic (exact) mass is 236 g/mol. The average molecular weight is 237 g/mol. The highest BCUT2D eigenvalue weighted by Gasteiger charge is 2.33. The van der Waals surface area contributed by atoms with Crippen molar-refractivity contribution in [3.05, 3.63) is 29.8 Å². The van der Waals surface area contributed by atoms with Crippen LogP contribution in [0.4, 0.5) is 0 Å². The Labute approximate surface area is 90.9 Å². The number of thiol groups is 1. The van der Waals surface area contributed by atoms with Crippen molar-refractivity contribution in [2.24, 2.45) is 0 Å². The van der Waals surface area contributed by atoms with Gasteiger partial charge in [0.25, 0.3) is 0 Å². The lowest BCUT2D eigenvalue weighted by molar-refractivity contribution is -0.111. The Morgan fingerprint density at radius 1 is 1.31 bits per heavy atom. The first-order chi connectivity index (χ1) is 5.94. The molecule has 0 saturated heterocycles. The first kappa shape index (κ1) is 10.7. The third-order valence-corrected chi connectivity index (χ3v) is 2.88. The average Bonchev–Trinajstić information content (AvgIpc) is 2.04. The number of hydrogen-bond acceptors (Lipinski definition) is 2. The third-order valence-electron chi connectivity index (χ3n) is 1.50. The molecule has 13 heavy (non-hydrogen) atoms. The molecule has 0 aliphatic carbocycles. The minimum absolute atomic E-state index is 0.0829. The van der Waals surface area contributed by atoms with Gasteiger partial charge in [-0.05, 0) is 17.7 Å². The maximum absolute atomic E-state index is 10.9. The molecule has 0 saturated carbocycles. The van der Waals surface area contributed by atoms with Crippen LogP contribution < -0.4 is 0 Å². The van der Waals surface area contributed by atoms with Gasteiger partial charge in [-0.15, -0.1) is 12.6 Å². The topological polar surface area (TPSA) is 37.3 Å². The Hall–Kier alpha value is -0.380. The zero-order valence-electron chi connectivity index (χ0n) is 6.37. The van der Waals surface area contributed by atoms with Crippen LogP contribution in [0.5, 0.6) is 5.75 Å². The van der Waals surface area contributed by atoms with E-state index in [0.717, 1.165) is 0 Å². The number of phenolic OH excluding ortho intramolecular Hbond substituents is 1. The summed E-state index contributed by atoms with van der Waals surface area (Å²) in [5, 5.41) is 8.32. The summed E-state index contributed by atoms with van der Waals surface area (Å²) in [5.41, 5.74) is 0.383. The van der Waals surface area contributed by atoms with Gasteiger partial charge < -0.3 is 5.11 Å². The summed E-state index contributed by atoms with van der Waals surface area (Å²) in [6, 6.07) is 5.71. The fraction of sp³-hybridized carbons (Fsp3) is 0.125. The number of carbonyl (C=O) groups excluding carboxylic acids is 1. The number of alkyl halides is 2.